The molecule has 4 aromatic rings. The smallest absolute Gasteiger partial charge is 0.204 e. The van der Waals surface area contributed by atoms with Crippen molar-refractivity contribution in [2.24, 2.45) is 0 Å². The average molecular weight is 405 g/mol. The standard InChI is InChI=1S/C24H17ClO4/c1-14-3-12-19-20(13-14)29-24(16-4-8-17(25)9-5-16)21(23(19)27)22(26)15-6-10-18(28-2)11-7-15/h3-13H,1-2H3. The monoisotopic (exact) mass is 404 g/mol. The van der Waals surface area contributed by atoms with Crippen molar-refractivity contribution in [2.45, 2.75) is 6.92 Å². The summed E-state index contributed by atoms with van der Waals surface area (Å²) < 4.78 is 11.2. The van der Waals surface area contributed by atoms with Crippen LogP contribution < -0.4 is 10.2 Å². The van der Waals surface area contributed by atoms with Gasteiger partial charge in [0.1, 0.15) is 22.7 Å². The summed E-state index contributed by atoms with van der Waals surface area (Å²) in [5.74, 6) is 0.444. The molecular weight excluding hydrogens is 388 g/mol. The summed E-state index contributed by atoms with van der Waals surface area (Å²) in [4.78, 5) is 26.6. The maximum absolute atomic E-state index is 13.3. The Morgan fingerprint density at radius 2 is 1.66 bits per heavy atom. The molecule has 29 heavy (non-hydrogen) atoms. The Hall–Kier alpha value is -3.37. The molecule has 0 aliphatic heterocycles. The number of ether oxygens (including phenoxy) is 1. The number of carbonyl (C=O) groups is 1. The number of ketones is 1. The van der Waals surface area contributed by atoms with Crippen molar-refractivity contribution in [3.8, 4) is 17.1 Å². The molecule has 1 heterocycles. The molecular formula is C24H17ClO4. The second-order valence-electron chi connectivity index (χ2n) is 6.70. The van der Waals surface area contributed by atoms with Gasteiger partial charge in [0, 0.05) is 16.1 Å². The third kappa shape index (κ3) is 3.55. The van der Waals surface area contributed by atoms with Gasteiger partial charge >= 0.3 is 0 Å². The first kappa shape index (κ1) is 19.0. The minimum absolute atomic E-state index is 0.00570. The van der Waals surface area contributed by atoms with Crippen LogP contribution in [0.5, 0.6) is 5.75 Å². The maximum Gasteiger partial charge on any atom is 0.204 e. The average Bonchev–Trinajstić information content (AvgIpc) is 2.73. The molecule has 0 N–H and O–H groups in total. The van der Waals surface area contributed by atoms with E-state index in [-0.39, 0.29) is 16.8 Å². The summed E-state index contributed by atoms with van der Waals surface area (Å²) in [6.07, 6.45) is 0. The quantitative estimate of drug-likeness (QED) is 0.412. The van der Waals surface area contributed by atoms with Gasteiger partial charge in [-0.2, -0.15) is 0 Å². The number of rotatable bonds is 4. The number of halogens is 1. The van der Waals surface area contributed by atoms with E-state index in [0.717, 1.165) is 5.56 Å². The van der Waals surface area contributed by atoms with Crippen LogP contribution in [0, 0.1) is 6.92 Å². The molecule has 3 aromatic carbocycles. The highest BCUT2D eigenvalue weighted by molar-refractivity contribution is 6.30. The van der Waals surface area contributed by atoms with Crippen molar-refractivity contribution in [2.75, 3.05) is 7.11 Å². The zero-order chi connectivity index (χ0) is 20.5. The third-order valence-corrected chi connectivity index (χ3v) is 4.99. The molecule has 144 valence electrons. The second-order valence-corrected chi connectivity index (χ2v) is 7.14. The van der Waals surface area contributed by atoms with Gasteiger partial charge in [-0.3, -0.25) is 9.59 Å². The number of hydrogen-bond acceptors (Lipinski definition) is 4. The molecule has 0 bridgehead atoms. The minimum atomic E-state index is -0.408. The second kappa shape index (κ2) is 7.57. The summed E-state index contributed by atoms with van der Waals surface area (Å²) >= 11 is 6.00. The largest absolute Gasteiger partial charge is 0.497 e. The van der Waals surface area contributed by atoms with E-state index < -0.39 is 5.78 Å². The van der Waals surface area contributed by atoms with Gasteiger partial charge in [0.2, 0.25) is 11.2 Å². The van der Waals surface area contributed by atoms with Gasteiger partial charge < -0.3 is 9.15 Å². The van der Waals surface area contributed by atoms with Gasteiger partial charge in [-0.15, -0.1) is 0 Å². The van der Waals surface area contributed by atoms with E-state index in [2.05, 4.69) is 0 Å². The van der Waals surface area contributed by atoms with Crippen LogP contribution in [0.4, 0.5) is 0 Å². The summed E-state index contributed by atoms with van der Waals surface area (Å²) in [6.45, 7) is 1.91. The molecule has 0 saturated heterocycles. The van der Waals surface area contributed by atoms with Crippen molar-refractivity contribution in [1.82, 2.24) is 0 Å². The molecule has 0 saturated carbocycles. The van der Waals surface area contributed by atoms with Crippen LogP contribution in [0.25, 0.3) is 22.3 Å². The van der Waals surface area contributed by atoms with Crippen molar-refractivity contribution >= 4 is 28.4 Å². The topological polar surface area (TPSA) is 56.5 Å². The number of aryl methyl sites for hydroxylation is 1. The van der Waals surface area contributed by atoms with Crippen molar-refractivity contribution < 1.29 is 13.9 Å². The molecule has 0 amide bonds. The van der Waals surface area contributed by atoms with Crippen molar-refractivity contribution in [1.29, 1.82) is 0 Å². The maximum atomic E-state index is 13.3. The number of fused-ring (bicyclic) bond motifs is 1. The van der Waals surface area contributed by atoms with Gasteiger partial charge in [0.25, 0.3) is 0 Å². The van der Waals surface area contributed by atoms with Crippen LogP contribution in [0.3, 0.4) is 0 Å². The minimum Gasteiger partial charge on any atom is -0.497 e. The fourth-order valence-corrected chi connectivity index (χ4v) is 3.32. The number of carbonyl (C=O) groups excluding carboxylic acids is 1. The van der Waals surface area contributed by atoms with Crippen LogP contribution in [-0.4, -0.2) is 12.9 Å². The van der Waals surface area contributed by atoms with Crippen LogP contribution in [-0.2, 0) is 0 Å². The van der Waals surface area contributed by atoms with Crippen LogP contribution in [0.15, 0.2) is 75.9 Å². The number of hydrogen-bond donors (Lipinski definition) is 0. The molecule has 0 radical (unpaired) electrons. The lowest BCUT2D eigenvalue weighted by Crippen LogP contribution is -2.18. The van der Waals surface area contributed by atoms with Gasteiger partial charge in [0.05, 0.1) is 12.5 Å². The lowest BCUT2D eigenvalue weighted by molar-refractivity contribution is 0.103. The first-order valence-corrected chi connectivity index (χ1v) is 9.38. The van der Waals surface area contributed by atoms with E-state index in [4.69, 9.17) is 20.8 Å². The first-order valence-electron chi connectivity index (χ1n) is 9.00. The van der Waals surface area contributed by atoms with Crippen molar-refractivity contribution in [3.05, 3.63) is 98.7 Å². The molecule has 0 aliphatic carbocycles. The predicted molar refractivity (Wildman–Crippen MR) is 114 cm³/mol. The summed E-state index contributed by atoms with van der Waals surface area (Å²) in [5, 5.41) is 0.918. The molecule has 0 unspecified atom stereocenters. The molecule has 5 heteroatoms. The molecule has 4 nitrogen and oxygen atoms in total. The Kier molecular flexibility index (Phi) is 4.95. The molecule has 1 aromatic heterocycles. The Balaban J connectivity index is 1.99. The highest BCUT2D eigenvalue weighted by Crippen LogP contribution is 2.29. The molecule has 0 aliphatic rings. The Bertz CT molecular complexity index is 1270. The fourth-order valence-electron chi connectivity index (χ4n) is 3.20. The zero-order valence-electron chi connectivity index (χ0n) is 15.9. The first-order chi connectivity index (χ1) is 14.0. The summed E-state index contributed by atoms with van der Waals surface area (Å²) in [7, 11) is 1.55. The Labute approximate surface area is 172 Å². The Morgan fingerprint density at radius 1 is 0.966 bits per heavy atom. The third-order valence-electron chi connectivity index (χ3n) is 4.73. The van der Waals surface area contributed by atoms with E-state index in [1.165, 1.54) is 0 Å². The predicted octanol–water partition coefficient (Wildman–Crippen LogP) is 5.66. The van der Waals surface area contributed by atoms with E-state index in [9.17, 15) is 9.59 Å². The Morgan fingerprint density at radius 3 is 2.31 bits per heavy atom. The highest BCUT2D eigenvalue weighted by Gasteiger charge is 2.23. The fraction of sp³-hybridized carbons (Fsp3) is 0.0833. The van der Waals surface area contributed by atoms with E-state index in [1.807, 2.05) is 13.0 Å². The van der Waals surface area contributed by atoms with Crippen molar-refractivity contribution in [3.63, 3.8) is 0 Å². The summed E-state index contributed by atoms with van der Waals surface area (Å²) in [6, 6.07) is 18.8. The lowest BCUT2D eigenvalue weighted by Gasteiger charge is -2.11. The molecule has 0 atom stereocenters. The van der Waals surface area contributed by atoms with Gasteiger partial charge in [-0.25, -0.2) is 0 Å². The van der Waals surface area contributed by atoms with E-state index in [0.29, 0.717) is 32.9 Å². The summed E-state index contributed by atoms with van der Waals surface area (Å²) in [5.41, 5.74) is 2.00. The zero-order valence-corrected chi connectivity index (χ0v) is 16.6. The van der Waals surface area contributed by atoms with E-state index >= 15 is 0 Å². The molecule has 4 rings (SSSR count). The highest BCUT2D eigenvalue weighted by atomic mass is 35.5. The number of methoxy groups -OCH3 is 1. The van der Waals surface area contributed by atoms with Gasteiger partial charge in [0.15, 0.2) is 0 Å². The normalized spacial score (nSPS) is 10.9. The van der Waals surface area contributed by atoms with Crippen LogP contribution in [0.1, 0.15) is 21.5 Å². The SMILES string of the molecule is COc1ccc(C(=O)c2c(-c3ccc(Cl)cc3)oc3cc(C)ccc3c2=O)cc1. The van der Waals surface area contributed by atoms with Gasteiger partial charge in [-0.1, -0.05) is 17.7 Å². The number of benzene rings is 3. The lowest BCUT2D eigenvalue weighted by atomic mass is 9.97. The molecule has 0 spiro atoms. The van der Waals surface area contributed by atoms with Crippen LogP contribution in [0.2, 0.25) is 5.02 Å². The van der Waals surface area contributed by atoms with Crippen LogP contribution >= 0.6 is 11.6 Å². The van der Waals surface area contributed by atoms with Gasteiger partial charge in [-0.05, 0) is 73.2 Å². The molecule has 0 fully saturated rings. The van der Waals surface area contributed by atoms with E-state index in [1.54, 1.807) is 67.8 Å².